The minimum absolute atomic E-state index is 0.0767. The van der Waals surface area contributed by atoms with Gasteiger partial charge in [-0.05, 0) is 29.3 Å². The van der Waals surface area contributed by atoms with Crippen molar-refractivity contribution in [3.63, 3.8) is 0 Å². The van der Waals surface area contributed by atoms with Gasteiger partial charge in [-0.3, -0.25) is 9.59 Å². The second kappa shape index (κ2) is 8.33. The van der Waals surface area contributed by atoms with Gasteiger partial charge in [-0.15, -0.1) is 0 Å². The number of benzene rings is 3. The van der Waals surface area contributed by atoms with Crippen molar-refractivity contribution in [2.45, 2.75) is 12.6 Å². The molecule has 0 bridgehead atoms. The molecule has 4 rings (SSSR count). The fourth-order valence-corrected chi connectivity index (χ4v) is 3.59. The van der Waals surface area contributed by atoms with Crippen molar-refractivity contribution >= 4 is 28.4 Å². The largest absolute Gasteiger partial charge is 0.344 e. The Balaban J connectivity index is 1.64. The maximum absolute atomic E-state index is 12.9. The number of carbonyl (C=O) groups excluding carboxylic acids is 1. The molecule has 1 heterocycles. The van der Waals surface area contributed by atoms with Crippen molar-refractivity contribution in [1.82, 2.24) is 9.88 Å². The van der Waals surface area contributed by atoms with E-state index in [0.29, 0.717) is 15.9 Å². The lowest BCUT2D eigenvalue weighted by Gasteiger charge is -2.21. The van der Waals surface area contributed by atoms with E-state index >= 15 is 0 Å². The number of fused-ring (bicyclic) bond motifs is 1. The Kier molecular flexibility index (Phi) is 5.45. The van der Waals surface area contributed by atoms with Crippen LogP contribution in [0, 0.1) is 0 Å². The highest BCUT2D eigenvalue weighted by molar-refractivity contribution is 6.31. The topological polar surface area (TPSA) is 51.1 Å². The normalized spacial score (nSPS) is 11.0. The first-order chi connectivity index (χ1) is 14.1. The first kappa shape index (κ1) is 19.0. The number of carbonyl (C=O) groups is 1. The summed E-state index contributed by atoms with van der Waals surface area (Å²) in [6.45, 7) is 0.0767. The van der Waals surface area contributed by atoms with E-state index in [1.807, 2.05) is 60.7 Å². The molecule has 1 aromatic heterocycles. The van der Waals surface area contributed by atoms with Gasteiger partial charge in [0.05, 0.1) is 11.6 Å². The molecule has 0 unspecified atom stereocenters. The number of hydrogen-bond donors (Lipinski definition) is 1. The van der Waals surface area contributed by atoms with Gasteiger partial charge in [0.15, 0.2) is 5.43 Å². The molecule has 29 heavy (non-hydrogen) atoms. The van der Waals surface area contributed by atoms with Crippen LogP contribution in [0.5, 0.6) is 0 Å². The second-order valence-electron chi connectivity index (χ2n) is 6.79. The van der Waals surface area contributed by atoms with Crippen molar-refractivity contribution in [2.75, 3.05) is 0 Å². The molecule has 1 N–H and O–H groups in total. The summed E-state index contributed by atoms with van der Waals surface area (Å²) in [6, 6.07) is 25.9. The Morgan fingerprint density at radius 2 is 1.52 bits per heavy atom. The number of aromatic nitrogens is 1. The van der Waals surface area contributed by atoms with E-state index in [2.05, 4.69) is 5.32 Å². The van der Waals surface area contributed by atoms with Crippen LogP contribution in [0.15, 0.2) is 95.9 Å². The minimum Gasteiger partial charge on any atom is -0.344 e. The highest BCUT2D eigenvalue weighted by atomic mass is 35.5. The molecule has 0 spiro atoms. The van der Waals surface area contributed by atoms with Crippen molar-refractivity contribution in [1.29, 1.82) is 0 Å². The quantitative estimate of drug-likeness (QED) is 0.532. The van der Waals surface area contributed by atoms with E-state index < -0.39 is 0 Å². The van der Waals surface area contributed by atoms with Crippen LogP contribution in [0.2, 0.25) is 5.02 Å². The molecule has 0 saturated carbocycles. The first-order valence-electron chi connectivity index (χ1n) is 9.30. The summed E-state index contributed by atoms with van der Waals surface area (Å²) in [5.41, 5.74) is 2.54. The number of rotatable bonds is 5. The van der Waals surface area contributed by atoms with Crippen LogP contribution in [0.4, 0.5) is 0 Å². The summed E-state index contributed by atoms with van der Waals surface area (Å²) in [6.07, 6.45) is 1.63. The predicted molar refractivity (Wildman–Crippen MR) is 116 cm³/mol. The van der Waals surface area contributed by atoms with Crippen LogP contribution in [0.25, 0.3) is 10.9 Å². The molecule has 0 aliphatic heterocycles. The van der Waals surface area contributed by atoms with Crippen LogP contribution in [-0.2, 0) is 11.3 Å². The van der Waals surface area contributed by atoms with E-state index in [-0.39, 0.29) is 23.9 Å². The molecule has 4 aromatic rings. The summed E-state index contributed by atoms with van der Waals surface area (Å²) in [4.78, 5) is 25.1. The average Bonchev–Trinajstić information content (AvgIpc) is 2.75. The number of halogens is 1. The van der Waals surface area contributed by atoms with Gasteiger partial charge in [0.2, 0.25) is 5.91 Å². The molecule has 0 aliphatic carbocycles. The van der Waals surface area contributed by atoms with Gasteiger partial charge in [0, 0.05) is 22.7 Å². The molecule has 5 heteroatoms. The van der Waals surface area contributed by atoms with Gasteiger partial charge in [-0.1, -0.05) is 72.3 Å². The molecule has 3 aromatic carbocycles. The molecule has 144 valence electrons. The van der Waals surface area contributed by atoms with E-state index in [0.717, 1.165) is 11.1 Å². The Morgan fingerprint density at radius 1 is 0.897 bits per heavy atom. The van der Waals surface area contributed by atoms with E-state index in [4.69, 9.17) is 11.6 Å². The average molecular weight is 403 g/mol. The van der Waals surface area contributed by atoms with Crippen molar-refractivity contribution < 1.29 is 4.79 Å². The SMILES string of the molecule is O=C(Cn1ccc(=O)c2ccc(Cl)cc21)NC(c1ccccc1)c1ccccc1. The number of hydrogen-bond acceptors (Lipinski definition) is 2. The monoisotopic (exact) mass is 402 g/mol. The van der Waals surface area contributed by atoms with Crippen molar-refractivity contribution in [2.24, 2.45) is 0 Å². The van der Waals surface area contributed by atoms with Crippen LogP contribution >= 0.6 is 11.6 Å². The van der Waals surface area contributed by atoms with Crippen LogP contribution < -0.4 is 10.7 Å². The van der Waals surface area contributed by atoms with E-state index in [9.17, 15) is 9.59 Å². The first-order valence-corrected chi connectivity index (χ1v) is 9.67. The predicted octanol–water partition coefficient (Wildman–Crippen LogP) is 4.56. The van der Waals surface area contributed by atoms with Crippen molar-refractivity contribution in [3.05, 3.63) is 117 Å². The molecular formula is C24H19ClN2O2. The zero-order valence-electron chi connectivity index (χ0n) is 15.6. The fraction of sp³-hybridized carbons (Fsp3) is 0.0833. The number of amides is 1. The maximum Gasteiger partial charge on any atom is 0.240 e. The van der Waals surface area contributed by atoms with Crippen molar-refractivity contribution in [3.8, 4) is 0 Å². The zero-order chi connectivity index (χ0) is 20.2. The summed E-state index contributed by atoms with van der Waals surface area (Å²) in [5.74, 6) is -0.160. The van der Waals surface area contributed by atoms with E-state index in [1.54, 1.807) is 29.0 Å². The Hall–Kier alpha value is -3.37. The van der Waals surface area contributed by atoms with Crippen LogP contribution in [0.1, 0.15) is 17.2 Å². The lowest BCUT2D eigenvalue weighted by molar-refractivity contribution is -0.122. The molecule has 0 fully saturated rings. The third kappa shape index (κ3) is 4.23. The lowest BCUT2D eigenvalue weighted by atomic mass is 9.99. The highest BCUT2D eigenvalue weighted by Crippen LogP contribution is 2.22. The zero-order valence-corrected chi connectivity index (χ0v) is 16.3. The van der Waals surface area contributed by atoms with E-state index in [1.165, 1.54) is 6.07 Å². The lowest BCUT2D eigenvalue weighted by Crippen LogP contribution is -2.32. The van der Waals surface area contributed by atoms with Gasteiger partial charge >= 0.3 is 0 Å². The van der Waals surface area contributed by atoms with Crippen LogP contribution in [-0.4, -0.2) is 10.5 Å². The van der Waals surface area contributed by atoms with Gasteiger partial charge in [-0.25, -0.2) is 0 Å². The second-order valence-corrected chi connectivity index (χ2v) is 7.23. The van der Waals surface area contributed by atoms with Crippen LogP contribution in [0.3, 0.4) is 0 Å². The Morgan fingerprint density at radius 3 is 2.14 bits per heavy atom. The molecule has 4 nitrogen and oxygen atoms in total. The molecule has 0 atom stereocenters. The summed E-state index contributed by atoms with van der Waals surface area (Å²) < 4.78 is 1.74. The smallest absolute Gasteiger partial charge is 0.240 e. The third-order valence-electron chi connectivity index (χ3n) is 4.83. The third-order valence-corrected chi connectivity index (χ3v) is 5.06. The Labute approximate surface area is 173 Å². The van der Waals surface area contributed by atoms with Gasteiger partial charge in [-0.2, -0.15) is 0 Å². The summed E-state index contributed by atoms with van der Waals surface area (Å²) in [7, 11) is 0. The minimum atomic E-state index is -0.265. The standard InChI is InChI=1S/C24H19ClN2O2/c25-19-11-12-20-21(15-19)27(14-13-22(20)28)16-23(29)26-24(17-7-3-1-4-8-17)18-9-5-2-6-10-18/h1-15,24H,16H2,(H,26,29). The molecule has 1 amide bonds. The number of nitrogens with one attached hydrogen (secondary N) is 1. The fourth-order valence-electron chi connectivity index (χ4n) is 3.43. The molecular weight excluding hydrogens is 384 g/mol. The van der Waals surface area contributed by atoms with Gasteiger partial charge in [0.25, 0.3) is 0 Å². The molecule has 0 radical (unpaired) electrons. The number of nitrogens with zero attached hydrogens (tertiary/aromatic N) is 1. The highest BCUT2D eigenvalue weighted by Gasteiger charge is 2.17. The van der Waals surface area contributed by atoms with Gasteiger partial charge in [0.1, 0.15) is 6.54 Å². The van der Waals surface area contributed by atoms with Gasteiger partial charge < -0.3 is 9.88 Å². The summed E-state index contributed by atoms with van der Waals surface area (Å²) >= 11 is 6.11. The molecule has 0 saturated heterocycles. The Bertz CT molecular complexity index is 1160. The summed E-state index contributed by atoms with van der Waals surface area (Å²) in [5, 5.41) is 4.17. The maximum atomic E-state index is 12.9. The molecule has 0 aliphatic rings. The number of pyridine rings is 1.